The molecular weight excluding hydrogens is 506 g/mol. The number of hydrogen-bond acceptors (Lipinski definition) is 4. The number of nitrogens with two attached hydrogens (primary N) is 1. The van der Waals surface area contributed by atoms with Crippen molar-refractivity contribution in [2.45, 2.75) is 18.9 Å². The maximum Gasteiger partial charge on any atom is 0.326 e. The molecule has 1 rings (SSSR count). The average molecular weight is 518 g/mol. The number of primary amides is 1. The van der Waals surface area contributed by atoms with E-state index in [0.29, 0.717) is 3.57 Å². The van der Waals surface area contributed by atoms with E-state index < -0.39 is 23.8 Å². The lowest BCUT2D eigenvalue weighted by Gasteiger charge is -2.15. The van der Waals surface area contributed by atoms with E-state index in [1.165, 1.54) is 6.07 Å². The van der Waals surface area contributed by atoms with Gasteiger partial charge in [0.25, 0.3) is 5.91 Å². The average Bonchev–Trinajstić information content (AvgIpc) is 2.37. The Hall–Kier alpha value is -1.11. The number of phenols is 1. The zero-order chi connectivity index (χ0) is 16.2. The summed E-state index contributed by atoms with van der Waals surface area (Å²) >= 11 is 3.85. The van der Waals surface area contributed by atoms with Gasteiger partial charge >= 0.3 is 5.97 Å². The molecule has 9 heteroatoms. The predicted octanol–water partition coefficient (Wildman–Crippen LogP) is 1.05. The monoisotopic (exact) mass is 518 g/mol. The van der Waals surface area contributed by atoms with E-state index in [1.54, 1.807) is 6.07 Å². The van der Waals surface area contributed by atoms with Crippen molar-refractivity contribution >= 4 is 63.0 Å². The smallest absolute Gasteiger partial charge is 0.326 e. The van der Waals surface area contributed by atoms with Gasteiger partial charge in [-0.3, -0.25) is 9.59 Å². The quantitative estimate of drug-likeness (QED) is 0.419. The van der Waals surface area contributed by atoms with E-state index in [2.05, 4.69) is 5.32 Å². The molecule has 0 saturated carbocycles. The SMILES string of the molecule is NC(=O)CC[C@H](NC(=O)c1cc(I)cc(I)c1O)C(=O)O. The second-order valence-corrected chi connectivity index (χ2v) is 6.56. The molecule has 21 heavy (non-hydrogen) atoms. The number of carbonyl (C=O) groups is 3. The van der Waals surface area contributed by atoms with Crippen LogP contribution in [0.3, 0.4) is 0 Å². The van der Waals surface area contributed by atoms with Crippen molar-refractivity contribution in [3.05, 3.63) is 24.8 Å². The van der Waals surface area contributed by atoms with Crippen LogP contribution in [-0.2, 0) is 9.59 Å². The summed E-state index contributed by atoms with van der Waals surface area (Å²) in [6.07, 6.45) is -0.273. The number of benzene rings is 1. The molecule has 0 unspecified atom stereocenters. The first-order valence-electron chi connectivity index (χ1n) is 5.72. The molecule has 1 aromatic carbocycles. The number of hydrogen-bond donors (Lipinski definition) is 4. The van der Waals surface area contributed by atoms with Crippen LogP contribution >= 0.6 is 45.2 Å². The maximum absolute atomic E-state index is 12.1. The molecule has 7 nitrogen and oxygen atoms in total. The Morgan fingerprint density at radius 3 is 2.43 bits per heavy atom. The second-order valence-electron chi connectivity index (χ2n) is 4.15. The summed E-state index contributed by atoms with van der Waals surface area (Å²) in [5.41, 5.74) is 4.94. The largest absolute Gasteiger partial charge is 0.506 e. The van der Waals surface area contributed by atoms with Crippen molar-refractivity contribution in [1.29, 1.82) is 0 Å². The minimum Gasteiger partial charge on any atom is -0.506 e. The minimum absolute atomic E-state index is 0.0170. The summed E-state index contributed by atoms with van der Waals surface area (Å²) in [7, 11) is 0. The van der Waals surface area contributed by atoms with E-state index in [9.17, 15) is 19.5 Å². The molecule has 0 aliphatic carbocycles. The highest BCUT2D eigenvalue weighted by Gasteiger charge is 2.23. The zero-order valence-electron chi connectivity index (χ0n) is 10.6. The summed E-state index contributed by atoms with van der Waals surface area (Å²) in [4.78, 5) is 33.8. The van der Waals surface area contributed by atoms with E-state index in [4.69, 9.17) is 10.8 Å². The van der Waals surface area contributed by atoms with Gasteiger partial charge in [-0.25, -0.2) is 4.79 Å². The second kappa shape index (κ2) is 7.77. The van der Waals surface area contributed by atoms with Crippen molar-refractivity contribution < 1.29 is 24.6 Å². The van der Waals surface area contributed by atoms with Crippen molar-refractivity contribution in [1.82, 2.24) is 5.32 Å². The van der Waals surface area contributed by atoms with Crippen molar-refractivity contribution in [3.8, 4) is 5.75 Å². The molecule has 0 fully saturated rings. The number of carbonyl (C=O) groups excluding carboxylic acids is 2. The Bertz CT molecular complexity index is 591. The van der Waals surface area contributed by atoms with Gasteiger partial charge in [-0.15, -0.1) is 0 Å². The lowest BCUT2D eigenvalue weighted by atomic mass is 10.1. The van der Waals surface area contributed by atoms with Crippen LogP contribution in [0.1, 0.15) is 23.2 Å². The number of carboxylic acid groups (broad SMARTS) is 1. The van der Waals surface area contributed by atoms with Gasteiger partial charge in [0.15, 0.2) is 0 Å². The van der Waals surface area contributed by atoms with Crippen LogP contribution in [-0.4, -0.2) is 34.0 Å². The number of nitrogens with one attached hydrogen (secondary N) is 1. The molecule has 0 bridgehead atoms. The molecule has 0 heterocycles. The summed E-state index contributed by atoms with van der Waals surface area (Å²) in [5.74, 6) is -2.86. The molecule has 0 aromatic heterocycles. The Kier molecular flexibility index (Phi) is 6.64. The molecule has 0 saturated heterocycles. The number of carboxylic acids is 1. The Labute approximate surface area is 147 Å². The van der Waals surface area contributed by atoms with Gasteiger partial charge in [-0.1, -0.05) is 0 Å². The lowest BCUT2D eigenvalue weighted by Crippen LogP contribution is -2.41. The number of phenolic OH excluding ortho intramolecular Hbond substituents is 1. The van der Waals surface area contributed by atoms with Gasteiger partial charge < -0.3 is 21.3 Å². The van der Waals surface area contributed by atoms with E-state index in [-0.39, 0.29) is 24.2 Å². The number of aromatic hydroxyl groups is 1. The summed E-state index contributed by atoms with van der Waals surface area (Å²) in [5, 5.41) is 21.2. The number of rotatable bonds is 6. The topological polar surface area (TPSA) is 130 Å². The Morgan fingerprint density at radius 2 is 1.90 bits per heavy atom. The Balaban J connectivity index is 2.92. The van der Waals surface area contributed by atoms with Gasteiger partial charge in [0.2, 0.25) is 5.91 Å². The van der Waals surface area contributed by atoms with Crippen molar-refractivity contribution in [2.24, 2.45) is 5.73 Å². The predicted molar refractivity (Wildman–Crippen MR) is 90.9 cm³/mol. The summed E-state index contributed by atoms with van der Waals surface area (Å²) in [6, 6.07) is 1.87. The summed E-state index contributed by atoms with van der Waals surface area (Å²) < 4.78 is 1.21. The fraction of sp³-hybridized carbons (Fsp3) is 0.250. The Morgan fingerprint density at radius 1 is 1.29 bits per heavy atom. The minimum atomic E-state index is -1.27. The summed E-state index contributed by atoms with van der Waals surface area (Å²) in [6.45, 7) is 0. The number of aliphatic carboxylic acids is 1. The van der Waals surface area contributed by atoms with Gasteiger partial charge in [0, 0.05) is 9.99 Å². The third-order valence-electron chi connectivity index (χ3n) is 2.56. The van der Waals surface area contributed by atoms with Crippen LogP contribution in [0.2, 0.25) is 0 Å². The van der Waals surface area contributed by atoms with Crippen LogP contribution in [0.15, 0.2) is 12.1 Å². The molecular formula is C12H12I2N2O5. The van der Waals surface area contributed by atoms with Crippen LogP contribution in [0.25, 0.3) is 0 Å². The van der Waals surface area contributed by atoms with Gasteiger partial charge in [-0.2, -0.15) is 0 Å². The first-order chi connectivity index (χ1) is 9.72. The molecule has 0 aliphatic rings. The fourth-order valence-electron chi connectivity index (χ4n) is 1.52. The molecule has 0 aliphatic heterocycles. The van der Waals surface area contributed by atoms with Crippen LogP contribution in [0.4, 0.5) is 0 Å². The van der Waals surface area contributed by atoms with Gasteiger partial charge in [-0.05, 0) is 63.7 Å². The third-order valence-corrected chi connectivity index (χ3v) is 4.00. The standard InChI is InChI=1S/C12H12I2N2O5/c13-5-3-6(10(18)7(14)4-5)11(19)16-8(12(20)21)1-2-9(15)17/h3-4,8,18H,1-2H2,(H2,15,17)(H,16,19)(H,20,21)/t8-/m0/s1. The number of halogens is 2. The maximum atomic E-state index is 12.1. The third kappa shape index (κ3) is 5.30. The molecule has 1 atom stereocenters. The van der Waals surface area contributed by atoms with Crippen LogP contribution < -0.4 is 11.1 Å². The van der Waals surface area contributed by atoms with Crippen molar-refractivity contribution in [2.75, 3.05) is 0 Å². The van der Waals surface area contributed by atoms with Crippen LogP contribution in [0.5, 0.6) is 5.75 Å². The first-order valence-corrected chi connectivity index (χ1v) is 7.88. The number of amides is 2. The molecule has 2 amide bonds. The molecule has 1 aromatic rings. The van der Waals surface area contributed by atoms with Gasteiger partial charge in [0.05, 0.1) is 9.13 Å². The highest BCUT2D eigenvalue weighted by Crippen LogP contribution is 2.27. The highest BCUT2D eigenvalue weighted by atomic mass is 127. The molecule has 0 spiro atoms. The van der Waals surface area contributed by atoms with Crippen LogP contribution in [0, 0.1) is 7.14 Å². The molecule has 114 valence electrons. The van der Waals surface area contributed by atoms with E-state index >= 15 is 0 Å². The molecule has 0 radical (unpaired) electrons. The van der Waals surface area contributed by atoms with E-state index in [1.807, 2.05) is 45.2 Å². The normalized spacial score (nSPS) is 11.7. The lowest BCUT2D eigenvalue weighted by molar-refractivity contribution is -0.139. The first kappa shape index (κ1) is 17.9. The van der Waals surface area contributed by atoms with Crippen molar-refractivity contribution in [3.63, 3.8) is 0 Å². The zero-order valence-corrected chi connectivity index (χ0v) is 14.9. The van der Waals surface area contributed by atoms with Gasteiger partial charge in [0.1, 0.15) is 11.8 Å². The fourth-order valence-corrected chi connectivity index (χ4v) is 3.36. The van der Waals surface area contributed by atoms with E-state index in [0.717, 1.165) is 3.57 Å². The highest BCUT2D eigenvalue weighted by molar-refractivity contribution is 14.1. The molecule has 5 N–H and O–H groups in total.